The molecule has 0 bridgehead atoms. The quantitative estimate of drug-likeness (QED) is 0.639. The summed E-state index contributed by atoms with van der Waals surface area (Å²) in [5.41, 5.74) is 4.64. The summed E-state index contributed by atoms with van der Waals surface area (Å²) < 4.78 is 5.57. The third kappa shape index (κ3) is 4.87. The minimum absolute atomic E-state index is 0.00866. The zero-order chi connectivity index (χ0) is 23.5. The number of fused-ring (bicyclic) bond motifs is 3. The molecule has 1 saturated heterocycles. The summed E-state index contributed by atoms with van der Waals surface area (Å²) in [6.07, 6.45) is -0.462. The number of carboxylic acid groups (broad SMARTS) is 1. The molecule has 4 rings (SSSR count). The van der Waals surface area contributed by atoms with Crippen molar-refractivity contribution in [1.29, 1.82) is 0 Å². The summed E-state index contributed by atoms with van der Waals surface area (Å²) in [7, 11) is 0. The van der Waals surface area contributed by atoms with Crippen molar-refractivity contribution in [3.63, 3.8) is 0 Å². The number of likely N-dealkylation sites (tertiary alicyclic amines) is 1. The van der Waals surface area contributed by atoms with Crippen molar-refractivity contribution in [2.75, 3.05) is 26.2 Å². The Bertz CT molecular complexity index is 999. The molecule has 1 unspecified atom stereocenters. The number of rotatable bonds is 8. The Morgan fingerprint density at radius 3 is 2.15 bits per heavy atom. The first-order valence-corrected chi connectivity index (χ1v) is 11.4. The maximum atomic E-state index is 12.8. The van der Waals surface area contributed by atoms with Crippen LogP contribution in [0.5, 0.6) is 0 Å². The summed E-state index contributed by atoms with van der Waals surface area (Å²) >= 11 is 0. The number of nitrogens with one attached hydrogen (secondary N) is 1. The number of carbonyl (C=O) groups is 3. The van der Waals surface area contributed by atoms with Crippen LogP contribution in [0.4, 0.5) is 4.79 Å². The SMILES string of the molecule is CC(C)C(CNC(=O)OCC1c2ccccc2-c2ccccc21)C(=O)N1CC(CC(=O)O)C1. The summed E-state index contributed by atoms with van der Waals surface area (Å²) in [4.78, 5) is 37.8. The lowest BCUT2D eigenvalue weighted by Crippen LogP contribution is -2.54. The van der Waals surface area contributed by atoms with E-state index in [0.717, 1.165) is 11.1 Å². The van der Waals surface area contributed by atoms with Crippen molar-refractivity contribution in [1.82, 2.24) is 10.2 Å². The fourth-order valence-corrected chi connectivity index (χ4v) is 4.81. The van der Waals surface area contributed by atoms with Gasteiger partial charge in [-0.2, -0.15) is 0 Å². The second-order valence-electron chi connectivity index (χ2n) is 9.26. The number of nitrogens with zero attached hydrogens (tertiary/aromatic N) is 1. The van der Waals surface area contributed by atoms with Gasteiger partial charge in [-0.1, -0.05) is 62.4 Å². The van der Waals surface area contributed by atoms with Gasteiger partial charge in [-0.15, -0.1) is 0 Å². The van der Waals surface area contributed by atoms with Gasteiger partial charge in [0.05, 0.1) is 12.3 Å². The Labute approximate surface area is 193 Å². The zero-order valence-corrected chi connectivity index (χ0v) is 19.0. The normalized spacial score (nSPS) is 16.0. The van der Waals surface area contributed by atoms with E-state index in [2.05, 4.69) is 29.6 Å². The molecule has 1 aliphatic carbocycles. The van der Waals surface area contributed by atoms with E-state index >= 15 is 0 Å². The van der Waals surface area contributed by atoms with Gasteiger partial charge < -0.3 is 20.1 Å². The van der Waals surface area contributed by atoms with Crippen molar-refractivity contribution in [2.24, 2.45) is 17.8 Å². The summed E-state index contributed by atoms with van der Waals surface area (Å²) in [6, 6.07) is 16.3. The maximum absolute atomic E-state index is 12.8. The molecular weight excluding hydrogens is 420 g/mol. The van der Waals surface area contributed by atoms with E-state index in [4.69, 9.17) is 9.84 Å². The molecule has 174 valence electrons. The minimum Gasteiger partial charge on any atom is -0.481 e. The molecule has 7 heteroatoms. The molecule has 1 aliphatic heterocycles. The first-order valence-electron chi connectivity index (χ1n) is 11.4. The molecular formula is C26H30N2O5. The molecule has 1 heterocycles. The van der Waals surface area contributed by atoms with E-state index in [-0.39, 0.29) is 49.2 Å². The lowest BCUT2D eigenvalue weighted by atomic mass is 9.89. The van der Waals surface area contributed by atoms with Gasteiger partial charge in [0.25, 0.3) is 0 Å². The van der Waals surface area contributed by atoms with Crippen LogP contribution in [0.1, 0.15) is 37.3 Å². The Morgan fingerprint density at radius 1 is 1.03 bits per heavy atom. The van der Waals surface area contributed by atoms with Gasteiger partial charge in [0, 0.05) is 31.5 Å². The fourth-order valence-electron chi connectivity index (χ4n) is 4.81. The number of carbonyl (C=O) groups excluding carboxylic acids is 2. The number of amides is 2. The largest absolute Gasteiger partial charge is 0.481 e. The average Bonchev–Trinajstić information content (AvgIpc) is 3.08. The van der Waals surface area contributed by atoms with Crippen LogP contribution < -0.4 is 5.32 Å². The van der Waals surface area contributed by atoms with E-state index < -0.39 is 12.1 Å². The van der Waals surface area contributed by atoms with Gasteiger partial charge in [0.15, 0.2) is 0 Å². The lowest BCUT2D eigenvalue weighted by molar-refractivity contribution is -0.148. The number of hydrogen-bond acceptors (Lipinski definition) is 4. The smallest absolute Gasteiger partial charge is 0.407 e. The highest BCUT2D eigenvalue weighted by atomic mass is 16.5. The number of alkyl carbamates (subject to hydrolysis) is 1. The van der Waals surface area contributed by atoms with Crippen LogP contribution in [0.15, 0.2) is 48.5 Å². The van der Waals surface area contributed by atoms with Crippen LogP contribution >= 0.6 is 0 Å². The van der Waals surface area contributed by atoms with Crippen molar-refractivity contribution < 1.29 is 24.2 Å². The Kier molecular flexibility index (Phi) is 6.67. The predicted octanol–water partition coefficient (Wildman–Crippen LogP) is 3.73. The highest BCUT2D eigenvalue weighted by Crippen LogP contribution is 2.44. The molecule has 1 atom stereocenters. The van der Waals surface area contributed by atoms with Crippen LogP contribution in [0.2, 0.25) is 0 Å². The fraction of sp³-hybridized carbons (Fsp3) is 0.423. The third-order valence-electron chi connectivity index (χ3n) is 6.66. The zero-order valence-electron chi connectivity index (χ0n) is 19.0. The van der Waals surface area contributed by atoms with Crippen molar-refractivity contribution in [3.8, 4) is 11.1 Å². The molecule has 7 nitrogen and oxygen atoms in total. The molecule has 0 aromatic heterocycles. The first-order chi connectivity index (χ1) is 15.8. The van der Waals surface area contributed by atoms with Crippen LogP contribution in [0, 0.1) is 17.8 Å². The standard InChI is InChI=1S/C26H30N2O5/c1-16(2)22(25(31)28-13-17(14-28)11-24(29)30)12-27-26(32)33-15-23-20-9-5-3-7-18(20)19-8-4-6-10-21(19)23/h3-10,16-17,22-23H,11-15H2,1-2H3,(H,27,32)(H,29,30). The number of carboxylic acids is 1. The topological polar surface area (TPSA) is 95.9 Å². The molecule has 2 aromatic carbocycles. The van der Waals surface area contributed by atoms with E-state index in [9.17, 15) is 14.4 Å². The van der Waals surface area contributed by atoms with Crippen molar-refractivity contribution >= 4 is 18.0 Å². The number of benzene rings is 2. The molecule has 2 N–H and O–H groups in total. The Morgan fingerprint density at radius 2 is 1.61 bits per heavy atom. The van der Waals surface area contributed by atoms with E-state index in [1.165, 1.54) is 11.1 Å². The highest BCUT2D eigenvalue weighted by molar-refractivity contribution is 5.81. The molecule has 2 aliphatic rings. The second kappa shape index (κ2) is 9.65. The van der Waals surface area contributed by atoms with Crippen LogP contribution in [-0.2, 0) is 14.3 Å². The Balaban J connectivity index is 1.31. The summed E-state index contributed by atoms with van der Waals surface area (Å²) in [6.45, 7) is 5.21. The van der Waals surface area contributed by atoms with Crippen molar-refractivity contribution in [3.05, 3.63) is 59.7 Å². The summed E-state index contributed by atoms with van der Waals surface area (Å²) in [5, 5.41) is 11.6. The van der Waals surface area contributed by atoms with E-state index in [0.29, 0.717) is 13.1 Å². The van der Waals surface area contributed by atoms with Gasteiger partial charge in [0.1, 0.15) is 6.61 Å². The van der Waals surface area contributed by atoms with Gasteiger partial charge in [-0.25, -0.2) is 4.79 Å². The van der Waals surface area contributed by atoms with Gasteiger partial charge in [-0.3, -0.25) is 9.59 Å². The van der Waals surface area contributed by atoms with Crippen LogP contribution in [-0.4, -0.2) is 54.2 Å². The molecule has 2 amide bonds. The maximum Gasteiger partial charge on any atom is 0.407 e. The van der Waals surface area contributed by atoms with E-state index in [1.807, 2.05) is 38.1 Å². The molecule has 0 saturated carbocycles. The van der Waals surface area contributed by atoms with Gasteiger partial charge in [-0.05, 0) is 28.2 Å². The average molecular weight is 451 g/mol. The number of ether oxygens (including phenoxy) is 1. The predicted molar refractivity (Wildman–Crippen MR) is 124 cm³/mol. The van der Waals surface area contributed by atoms with Gasteiger partial charge in [0.2, 0.25) is 5.91 Å². The second-order valence-corrected chi connectivity index (χ2v) is 9.26. The Hall–Kier alpha value is -3.35. The number of aliphatic carboxylic acids is 1. The minimum atomic E-state index is -0.843. The monoisotopic (exact) mass is 450 g/mol. The first kappa shape index (κ1) is 22.8. The lowest BCUT2D eigenvalue weighted by Gasteiger charge is -2.41. The van der Waals surface area contributed by atoms with Crippen LogP contribution in [0.3, 0.4) is 0 Å². The van der Waals surface area contributed by atoms with Gasteiger partial charge >= 0.3 is 12.1 Å². The molecule has 33 heavy (non-hydrogen) atoms. The van der Waals surface area contributed by atoms with Crippen LogP contribution in [0.25, 0.3) is 11.1 Å². The number of hydrogen-bond donors (Lipinski definition) is 2. The molecule has 0 radical (unpaired) electrons. The van der Waals surface area contributed by atoms with Crippen molar-refractivity contribution in [2.45, 2.75) is 26.2 Å². The summed E-state index contributed by atoms with van der Waals surface area (Å²) in [5.74, 6) is -1.25. The molecule has 2 aromatic rings. The third-order valence-corrected chi connectivity index (χ3v) is 6.66. The van der Waals surface area contributed by atoms with E-state index in [1.54, 1.807) is 4.90 Å². The highest BCUT2D eigenvalue weighted by Gasteiger charge is 2.36. The molecule has 1 fully saturated rings. The molecule has 0 spiro atoms.